The summed E-state index contributed by atoms with van der Waals surface area (Å²) in [5.41, 5.74) is 0. The van der Waals surface area contributed by atoms with Gasteiger partial charge in [-0.1, -0.05) is 43.4 Å². The average molecular weight is 354 g/mol. The number of hydrogen-bond donors (Lipinski definition) is 0. The van der Waals surface area contributed by atoms with Crippen molar-refractivity contribution >= 4 is 24.2 Å². The third-order valence-corrected chi connectivity index (χ3v) is 1.65. The molecule has 8 heteroatoms. The molecule has 0 bridgehead atoms. The van der Waals surface area contributed by atoms with Gasteiger partial charge in [0.05, 0.1) is 14.2 Å². The molecule has 0 saturated carbocycles. The van der Waals surface area contributed by atoms with Gasteiger partial charge in [-0.05, 0) is 13.3 Å². The van der Waals surface area contributed by atoms with E-state index in [2.05, 4.69) is 9.47 Å². The molecule has 0 aliphatic heterocycles. The summed E-state index contributed by atoms with van der Waals surface area (Å²) in [6.07, 6.45) is 14.9. The second-order valence-corrected chi connectivity index (χ2v) is 3.29. The zero-order valence-electron chi connectivity index (χ0n) is 14.6. The van der Waals surface area contributed by atoms with Gasteiger partial charge < -0.3 is 9.47 Å². The molecule has 0 rings (SSSR count). The standard InChI is InChI=1S/C8H12O2.C7H10O2.2CO2/c1-3-4-5-6-7-8(9)10-2;1-3-4-5-6-7(8)9-2;2*2-1-3/h4-7H,3H2,1-2H3;3-6H,1-2H3;;/b5-4+,7-6+;;;. The summed E-state index contributed by atoms with van der Waals surface area (Å²) in [4.78, 5) is 53.3. The first-order valence-corrected chi connectivity index (χ1v) is 6.72. The summed E-state index contributed by atoms with van der Waals surface area (Å²) < 4.78 is 8.71. The maximum atomic E-state index is 10.4. The Bertz CT molecular complexity index is 489. The molecule has 0 unspecified atom stereocenters. The zero-order chi connectivity index (χ0) is 20.3. The van der Waals surface area contributed by atoms with Crippen molar-refractivity contribution in [2.24, 2.45) is 0 Å². The van der Waals surface area contributed by atoms with Crippen molar-refractivity contribution in [2.75, 3.05) is 14.2 Å². The van der Waals surface area contributed by atoms with E-state index in [-0.39, 0.29) is 24.2 Å². The van der Waals surface area contributed by atoms with Crippen molar-refractivity contribution in [1.82, 2.24) is 0 Å². The molecule has 0 radical (unpaired) electrons. The lowest BCUT2D eigenvalue weighted by molar-refractivity contribution is -0.193. The molecule has 0 heterocycles. The third kappa shape index (κ3) is 52.9. The molecular weight excluding hydrogens is 332 g/mol. The molecule has 0 aromatic heterocycles. The van der Waals surface area contributed by atoms with Crippen LogP contribution >= 0.6 is 0 Å². The van der Waals surface area contributed by atoms with Crippen molar-refractivity contribution in [1.29, 1.82) is 0 Å². The van der Waals surface area contributed by atoms with Crippen molar-refractivity contribution in [2.45, 2.75) is 20.3 Å². The highest BCUT2D eigenvalue weighted by molar-refractivity contribution is 5.82. The lowest BCUT2D eigenvalue weighted by Gasteiger charge is -1.85. The Labute approximate surface area is 146 Å². The van der Waals surface area contributed by atoms with Crippen LogP contribution in [0.1, 0.15) is 20.3 Å². The fourth-order valence-corrected chi connectivity index (χ4v) is 0.730. The highest BCUT2D eigenvalue weighted by Crippen LogP contribution is 1.83. The van der Waals surface area contributed by atoms with Crippen molar-refractivity contribution < 1.29 is 38.2 Å². The van der Waals surface area contributed by atoms with Crippen molar-refractivity contribution in [3.8, 4) is 0 Å². The Morgan fingerprint density at radius 2 is 1.16 bits per heavy atom. The number of methoxy groups -OCH3 is 2. The number of esters is 2. The molecule has 8 nitrogen and oxygen atoms in total. The Hall–Kier alpha value is -3.34. The van der Waals surface area contributed by atoms with E-state index in [9.17, 15) is 9.59 Å². The molecule has 0 aliphatic carbocycles. The molecule has 0 atom stereocenters. The molecule has 25 heavy (non-hydrogen) atoms. The van der Waals surface area contributed by atoms with Gasteiger partial charge in [0.15, 0.2) is 0 Å². The lowest BCUT2D eigenvalue weighted by Crippen LogP contribution is -1.92. The van der Waals surface area contributed by atoms with Crippen LogP contribution in [-0.2, 0) is 38.2 Å². The zero-order valence-corrected chi connectivity index (χ0v) is 14.6. The summed E-state index contributed by atoms with van der Waals surface area (Å²) in [6, 6.07) is 0. The molecule has 0 spiro atoms. The number of hydrogen-bond acceptors (Lipinski definition) is 8. The van der Waals surface area contributed by atoms with E-state index >= 15 is 0 Å². The summed E-state index contributed by atoms with van der Waals surface area (Å²) in [6.45, 7) is 3.91. The third-order valence-electron chi connectivity index (χ3n) is 1.65. The van der Waals surface area contributed by atoms with Crippen molar-refractivity contribution in [3.63, 3.8) is 0 Å². The Balaban J connectivity index is -0.000000135. The minimum absolute atomic E-state index is 0.250. The molecule has 0 amide bonds. The van der Waals surface area contributed by atoms with E-state index in [4.69, 9.17) is 19.2 Å². The molecule has 0 aromatic carbocycles. The van der Waals surface area contributed by atoms with Gasteiger partial charge in [0, 0.05) is 12.2 Å². The molecule has 0 fully saturated rings. The predicted molar refractivity (Wildman–Crippen MR) is 86.6 cm³/mol. The molecular formula is C17H22O8. The second-order valence-electron chi connectivity index (χ2n) is 3.29. The second kappa shape index (κ2) is 32.6. The van der Waals surface area contributed by atoms with Crippen LogP contribution in [0, 0.1) is 0 Å². The van der Waals surface area contributed by atoms with E-state index < -0.39 is 0 Å². The highest BCUT2D eigenvalue weighted by Gasteiger charge is 1.86. The fourth-order valence-electron chi connectivity index (χ4n) is 0.730. The highest BCUT2D eigenvalue weighted by atomic mass is 16.5. The SMILES string of the molecule is CC/C=C/C=C/C(=O)OC.CC=CC=CC(=O)OC.O=C=O.O=C=O. The topological polar surface area (TPSA) is 121 Å². The average Bonchev–Trinajstić information content (AvgIpc) is 2.60. The van der Waals surface area contributed by atoms with Crippen LogP contribution in [0.3, 0.4) is 0 Å². The van der Waals surface area contributed by atoms with Gasteiger partial charge in [-0.3, -0.25) is 0 Å². The molecule has 138 valence electrons. The van der Waals surface area contributed by atoms with Crippen LogP contribution in [0.25, 0.3) is 0 Å². The van der Waals surface area contributed by atoms with Gasteiger partial charge in [-0.15, -0.1) is 0 Å². The van der Waals surface area contributed by atoms with Crippen LogP contribution in [0.4, 0.5) is 0 Å². The van der Waals surface area contributed by atoms with Crippen LogP contribution in [0.15, 0.2) is 48.6 Å². The van der Waals surface area contributed by atoms with Crippen molar-refractivity contribution in [3.05, 3.63) is 48.6 Å². The predicted octanol–water partition coefficient (Wildman–Crippen LogP) is 1.81. The van der Waals surface area contributed by atoms with Crippen LogP contribution < -0.4 is 0 Å². The Morgan fingerprint density at radius 3 is 1.44 bits per heavy atom. The summed E-state index contributed by atoms with van der Waals surface area (Å²) >= 11 is 0. The van der Waals surface area contributed by atoms with Crippen LogP contribution in [0.2, 0.25) is 0 Å². The maximum Gasteiger partial charge on any atom is 0.373 e. The van der Waals surface area contributed by atoms with E-state index in [1.54, 1.807) is 18.2 Å². The van der Waals surface area contributed by atoms with Gasteiger partial charge in [0.1, 0.15) is 0 Å². The maximum absolute atomic E-state index is 10.4. The number of rotatable bonds is 5. The first kappa shape index (κ1) is 29.6. The fraction of sp³-hybridized carbons (Fsp3) is 0.294. The number of carbonyl (C=O) groups excluding carboxylic acids is 6. The first-order valence-electron chi connectivity index (χ1n) is 6.72. The summed E-state index contributed by atoms with van der Waals surface area (Å²) in [7, 11) is 2.71. The van der Waals surface area contributed by atoms with Crippen LogP contribution in [0.5, 0.6) is 0 Å². The first-order chi connectivity index (χ1) is 11.9. The van der Waals surface area contributed by atoms with E-state index in [1.165, 1.54) is 26.4 Å². The van der Waals surface area contributed by atoms with Crippen LogP contribution in [-0.4, -0.2) is 38.5 Å². The minimum Gasteiger partial charge on any atom is -0.466 e. The largest absolute Gasteiger partial charge is 0.466 e. The summed E-state index contributed by atoms with van der Waals surface area (Å²) in [5.74, 6) is -0.645. The lowest BCUT2D eigenvalue weighted by atomic mass is 10.4. The molecule has 0 N–H and O–H groups in total. The number of allylic oxidation sites excluding steroid dienone is 6. The smallest absolute Gasteiger partial charge is 0.373 e. The number of ether oxygens (including phenoxy) is 2. The van der Waals surface area contributed by atoms with Gasteiger partial charge in [-0.2, -0.15) is 19.2 Å². The van der Waals surface area contributed by atoms with E-state index in [1.807, 2.05) is 32.1 Å². The normalized spacial score (nSPS) is 8.96. The quantitative estimate of drug-likeness (QED) is 0.416. The van der Waals surface area contributed by atoms with E-state index in [0.29, 0.717) is 0 Å². The summed E-state index contributed by atoms with van der Waals surface area (Å²) in [5, 5.41) is 0. The van der Waals surface area contributed by atoms with E-state index in [0.717, 1.165) is 6.42 Å². The molecule has 0 aliphatic rings. The van der Waals surface area contributed by atoms with Gasteiger partial charge >= 0.3 is 24.2 Å². The monoisotopic (exact) mass is 354 g/mol. The number of carbonyl (C=O) groups is 2. The Kier molecular flexibility index (Phi) is 38.6. The van der Waals surface area contributed by atoms with Gasteiger partial charge in [-0.25, -0.2) is 9.59 Å². The molecule has 0 aromatic rings. The van der Waals surface area contributed by atoms with Gasteiger partial charge in [0.25, 0.3) is 0 Å². The minimum atomic E-state index is -0.326. The molecule has 0 saturated heterocycles. The Morgan fingerprint density at radius 1 is 0.800 bits per heavy atom. The van der Waals surface area contributed by atoms with Gasteiger partial charge in [0.2, 0.25) is 0 Å².